The van der Waals surface area contributed by atoms with Gasteiger partial charge in [0, 0.05) is 62.1 Å². The lowest BCUT2D eigenvalue weighted by Crippen LogP contribution is -2.51. The maximum Gasteiger partial charge on any atom is 0.236 e. The van der Waals surface area contributed by atoms with Crippen molar-refractivity contribution in [3.8, 4) is 11.4 Å². The summed E-state index contributed by atoms with van der Waals surface area (Å²) in [6.07, 6.45) is 10.7. The average molecular weight is 491 g/mol. The van der Waals surface area contributed by atoms with Gasteiger partial charge >= 0.3 is 0 Å². The summed E-state index contributed by atoms with van der Waals surface area (Å²) in [5, 5.41) is 1.27. The molecule has 5 heterocycles. The van der Waals surface area contributed by atoms with Crippen LogP contribution in [-0.2, 0) is 17.6 Å². The number of likely N-dealkylation sites (tertiary alicyclic amines) is 1. The van der Waals surface area contributed by atoms with Crippen molar-refractivity contribution in [1.29, 1.82) is 0 Å². The molecule has 0 bridgehead atoms. The second-order valence-corrected chi connectivity index (χ2v) is 11.4. The number of nitrogens with zero attached hydrogens (tertiary/aromatic N) is 6. The monoisotopic (exact) mass is 490 g/mol. The molecule has 0 N–H and O–H groups in total. The molecule has 6 rings (SSSR count). The van der Waals surface area contributed by atoms with Gasteiger partial charge in [0.15, 0.2) is 5.82 Å². The van der Waals surface area contributed by atoms with E-state index in [1.54, 1.807) is 6.20 Å². The molecular weight excluding hydrogens is 456 g/mol. The van der Waals surface area contributed by atoms with Crippen molar-refractivity contribution in [3.63, 3.8) is 0 Å². The third kappa shape index (κ3) is 4.66. The smallest absolute Gasteiger partial charge is 0.236 e. The number of pyridine rings is 1. The van der Waals surface area contributed by atoms with Crippen LogP contribution in [0.2, 0.25) is 0 Å². The maximum absolute atomic E-state index is 12.8. The minimum absolute atomic E-state index is 0.294. The molecule has 8 heteroatoms. The fourth-order valence-electron chi connectivity index (χ4n) is 5.73. The first-order valence-electron chi connectivity index (χ1n) is 13.1. The average Bonchev–Trinajstić information content (AvgIpc) is 3.27. The molecule has 184 valence electrons. The lowest BCUT2D eigenvalue weighted by Gasteiger charge is -2.37. The summed E-state index contributed by atoms with van der Waals surface area (Å²) in [7, 11) is 0. The standard InChI is InChI=1S/C27H34N6OS/c1-19-7-8-21-22(16-19)35-27-24(21)26(29-25(30-27)20-6-5-9-28-17-20)33-14-12-31(13-15-33)18-23(34)32-10-3-2-4-11-32/h5-6,9,17,19H,2-4,7-8,10-16,18H2,1H3. The molecule has 3 aliphatic rings. The number of piperazine rings is 1. The number of aryl methyl sites for hydroxylation is 1. The number of amides is 1. The Kier molecular flexibility index (Phi) is 6.41. The first kappa shape index (κ1) is 22.9. The number of piperidine rings is 1. The number of anilines is 1. The molecule has 3 aromatic heterocycles. The number of hydrogen-bond donors (Lipinski definition) is 0. The van der Waals surface area contributed by atoms with Gasteiger partial charge in [0.1, 0.15) is 10.6 Å². The van der Waals surface area contributed by atoms with Crippen LogP contribution in [-0.4, -0.2) is 76.5 Å². The lowest BCUT2D eigenvalue weighted by molar-refractivity contribution is -0.133. The molecule has 35 heavy (non-hydrogen) atoms. The topological polar surface area (TPSA) is 65.5 Å². The minimum atomic E-state index is 0.294. The highest BCUT2D eigenvalue weighted by Gasteiger charge is 2.29. The van der Waals surface area contributed by atoms with Gasteiger partial charge in [-0.3, -0.25) is 14.7 Å². The summed E-state index contributed by atoms with van der Waals surface area (Å²) in [4.78, 5) is 36.7. The molecule has 0 radical (unpaired) electrons. The van der Waals surface area contributed by atoms with Crippen LogP contribution in [0.25, 0.3) is 21.6 Å². The van der Waals surface area contributed by atoms with E-state index >= 15 is 0 Å². The first-order chi connectivity index (χ1) is 17.2. The van der Waals surface area contributed by atoms with E-state index in [0.717, 1.165) is 92.9 Å². The van der Waals surface area contributed by atoms with E-state index in [-0.39, 0.29) is 0 Å². The largest absolute Gasteiger partial charge is 0.353 e. The van der Waals surface area contributed by atoms with E-state index in [2.05, 4.69) is 26.6 Å². The normalized spacial score (nSPS) is 21.3. The molecule has 0 spiro atoms. The van der Waals surface area contributed by atoms with Gasteiger partial charge in [-0.25, -0.2) is 9.97 Å². The van der Waals surface area contributed by atoms with Crippen LogP contribution >= 0.6 is 11.3 Å². The van der Waals surface area contributed by atoms with Crippen LogP contribution in [0, 0.1) is 5.92 Å². The highest BCUT2D eigenvalue weighted by Crippen LogP contribution is 2.42. The summed E-state index contributed by atoms with van der Waals surface area (Å²) in [5.74, 6) is 2.85. The zero-order valence-corrected chi connectivity index (χ0v) is 21.4. The Morgan fingerprint density at radius 1 is 1.09 bits per heavy atom. The Labute approximate surface area is 211 Å². The fraction of sp³-hybridized carbons (Fsp3) is 0.556. The molecule has 1 amide bonds. The second-order valence-electron chi connectivity index (χ2n) is 10.3. The zero-order valence-electron chi connectivity index (χ0n) is 20.6. The first-order valence-corrected chi connectivity index (χ1v) is 13.9. The van der Waals surface area contributed by atoms with E-state index in [1.807, 2.05) is 29.7 Å². The quantitative estimate of drug-likeness (QED) is 0.551. The number of aromatic nitrogens is 3. The van der Waals surface area contributed by atoms with Crippen molar-refractivity contribution in [1.82, 2.24) is 24.8 Å². The van der Waals surface area contributed by atoms with Crippen LogP contribution < -0.4 is 4.90 Å². The van der Waals surface area contributed by atoms with Gasteiger partial charge in [0.25, 0.3) is 0 Å². The summed E-state index contributed by atoms with van der Waals surface area (Å²) >= 11 is 1.86. The highest BCUT2D eigenvalue weighted by molar-refractivity contribution is 7.19. The van der Waals surface area contributed by atoms with Crippen molar-refractivity contribution >= 4 is 33.3 Å². The summed E-state index contributed by atoms with van der Waals surface area (Å²) in [5.41, 5.74) is 2.43. The Hall–Kier alpha value is -2.58. The summed E-state index contributed by atoms with van der Waals surface area (Å²) in [6.45, 7) is 8.28. The van der Waals surface area contributed by atoms with Crippen molar-refractivity contribution in [2.75, 3.05) is 50.7 Å². The molecule has 7 nitrogen and oxygen atoms in total. The van der Waals surface area contributed by atoms with Crippen molar-refractivity contribution in [2.45, 2.75) is 45.4 Å². The van der Waals surface area contributed by atoms with Crippen LogP contribution in [0.4, 0.5) is 5.82 Å². The Morgan fingerprint density at radius 3 is 2.69 bits per heavy atom. The molecule has 1 aliphatic carbocycles. The van der Waals surface area contributed by atoms with Crippen molar-refractivity contribution in [3.05, 3.63) is 35.0 Å². The third-order valence-corrected chi connectivity index (χ3v) is 8.94. The van der Waals surface area contributed by atoms with Crippen molar-refractivity contribution < 1.29 is 4.79 Å². The molecule has 0 aromatic carbocycles. The van der Waals surface area contributed by atoms with E-state index in [9.17, 15) is 4.79 Å². The number of rotatable bonds is 4. The SMILES string of the molecule is CC1CCc2c(sc3nc(-c4cccnc4)nc(N4CCN(CC(=O)N5CCCCC5)CC4)c23)C1. The van der Waals surface area contributed by atoms with Crippen molar-refractivity contribution in [2.24, 2.45) is 5.92 Å². The van der Waals surface area contributed by atoms with E-state index in [0.29, 0.717) is 12.5 Å². The third-order valence-electron chi connectivity index (χ3n) is 7.80. The van der Waals surface area contributed by atoms with Crippen LogP contribution in [0.5, 0.6) is 0 Å². The van der Waals surface area contributed by atoms with Gasteiger partial charge in [-0.1, -0.05) is 6.92 Å². The molecule has 2 aliphatic heterocycles. The predicted molar refractivity (Wildman–Crippen MR) is 141 cm³/mol. The summed E-state index contributed by atoms with van der Waals surface area (Å²) < 4.78 is 0. The maximum atomic E-state index is 12.8. The molecule has 3 aromatic rings. The number of hydrogen-bond acceptors (Lipinski definition) is 7. The molecule has 0 saturated carbocycles. The molecule has 2 fully saturated rings. The van der Waals surface area contributed by atoms with Gasteiger partial charge in [0.05, 0.1) is 11.9 Å². The second kappa shape index (κ2) is 9.82. The van der Waals surface area contributed by atoms with E-state index < -0.39 is 0 Å². The van der Waals surface area contributed by atoms with Gasteiger partial charge < -0.3 is 9.80 Å². The van der Waals surface area contributed by atoms with E-state index in [1.165, 1.54) is 28.7 Å². The van der Waals surface area contributed by atoms with Crippen LogP contribution in [0.15, 0.2) is 24.5 Å². The van der Waals surface area contributed by atoms with Gasteiger partial charge in [0.2, 0.25) is 5.91 Å². The summed E-state index contributed by atoms with van der Waals surface area (Å²) in [6, 6.07) is 3.99. The zero-order chi connectivity index (χ0) is 23.8. The van der Waals surface area contributed by atoms with Crippen LogP contribution in [0.1, 0.15) is 43.0 Å². The van der Waals surface area contributed by atoms with Gasteiger partial charge in [-0.15, -0.1) is 11.3 Å². The lowest BCUT2D eigenvalue weighted by atomic mass is 9.89. The number of thiophene rings is 1. The van der Waals surface area contributed by atoms with Gasteiger partial charge in [-0.2, -0.15) is 0 Å². The predicted octanol–water partition coefficient (Wildman–Crippen LogP) is 4.01. The Morgan fingerprint density at radius 2 is 1.91 bits per heavy atom. The number of fused-ring (bicyclic) bond motifs is 3. The number of carbonyl (C=O) groups excluding carboxylic acids is 1. The molecule has 2 saturated heterocycles. The molecule has 1 unspecified atom stereocenters. The van der Waals surface area contributed by atoms with Crippen LogP contribution in [0.3, 0.4) is 0 Å². The fourth-order valence-corrected chi connectivity index (χ4v) is 7.11. The molecule has 1 atom stereocenters. The number of carbonyl (C=O) groups is 1. The van der Waals surface area contributed by atoms with Gasteiger partial charge in [-0.05, 0) is 62.1 Å². The Bertz CT molecular complexity index is 1200. The minimum Gasteiger partial charge on any atom is -0.353 e. The highest BCUT2D eigenvalue weighted by atomic mass is 32.1. The molecular formula is C27H34N6OS. The Balaban J connectivity index is 1.27. The van der Waals surface area contributed by atoms with E-state index in [4.69, 9.17) is 9.97 Å².